The summed E-state index contributed by atoms with van der Waals surface area (Å²) in [6.07, 6.45) is 0. The highest BCUT2D eigenvalue weighted by molar-refractivity contribution is 6.54. The van der Waals surface area contributed by atoms with E-state index < -0.39 is 0 Å². The van der Waals surface area contributed by atoms with Gasteiger partial charge in [-0.1, -0.05) is 82.2 Å². The van der Waals surface area contributed by atoms with Crippen LogP contribution in [-0.2, 0) is 10.4 Å². The van der Waals surface area contributed by atoms with E-state index in [1.807, 2.05) is 0 Å². The van der Waals surface area contributed by atoms with Crippen molar-refractivity contribution in [3.05, 3.63) is 71.8 Å². The third-order valence-electron chi connectivity index (χ3n) is 4.55. The SMILES string of the molecule is BC(B)(c1ccccc1)C(B)(B)c1ccccc1. The minimum Gasteiger partial charge on any atom is -0.0648 e. The van der Waals surface area contributed by atoms with Crippen molar-refractivity contribution >= 4 is 31.4 Å². The first kappa shape index (κ1) is 13.1. The highest BCUT2D eigenvalue weighted by Gasteiger charge is 2.38. The zero-order chi connectivity index (χ0) is 13.2. The second-order valence-corrected chi connectivity index (χ2v) is 5.98. The zero-order valence-electron chi connectivity index (χ0n) is 11.8. The molecular weight excluding hydrogens is 211 g/mol. The lowest BCUT2D eigenvalue weighted by Crippen LogP contribution is -2.51. The van der Waals surface area contributed by atoms with Crippen LogP contribution in [0.3, 0.4) is 0 Å². The van der Waals surface area contributed by atoms with Crippen LogP contribution < -0.4 is 0 Å². The minimum atomic E-state index is 0.0929. The summed E-state index contributed by atoms with van der Waals surface area (Å²) in [4.78, 5) is 0. The van der Waals surface area contributed by atoms with Crippen molar-refractivity contribution in [3.8, 4) is 0 Å². The number of hydrogen-bond acceptors (Lipinski definition) is 0. The summed E-state index contributed by atoms with van der Waals surface area (Å²) in [5.74, 6) is 0. The van der Waals surface area contributed by atoms with E-state index in [2.05, 4.69) is 92.0 Å². The molecule has 18 heavy (non-hydrogen) atoms. The monoisotopic (exact) mass is 230 g/mol. The molecule has 0 atom stereocenters. The van der Waals surface area contributed by atoms with E-state index in [1.54, 1.807) is 0 Å². The molecule has 0 aliphatic rings. The third-order valence-corrected chi connectivity index (χ3v) is 4.55. The van der Waals surface area contributed by atoms with Crippen molar-refractivity contribution in [3.63, 3.8) is 0 Å². The molecule has 0 unspecified atom stereocenters. The van der Waals surface area contributed by atoms with E-state index in [0.29, 0.717) is 0 Å². The lowest BCUT2D eigenvalue weighted by atomic mass is 9.27. The molecule has 0 heterocycles. The summed E-state index contributed by atoms with van der Waals surface area (Å²) >= 11 is 0. The fraction of sp³-hybridized carbons (Fsp3) is 0.143. The van der Waals surface area contributed by atoms with E-state index in [9.17, 15) is 0 Å². The summed E-state index contributed by atoms with van der Waals surface area (Å²) in [5, 5.41) is 0.186. The van der Waals surface area contributed by atoms with Crippen molar-refractivity contribution in [2.45, 2.75) is 10.4 Å². The normalized spacial score (nSPS) is 12.2. The fourth-order valence-electron chi connectivity index (χ4n) is 2.43. The molecule has 0 bridgehead atoms. The first-order valence-electron chi connectivity index (χ1n) is 6.57. The van der Waals surface area contributed by atoms with Crippen LogP contribution in [0.5, 0.6) is 0 Å². The molecule has 4 heteroatoms. The zero-order valence-corrected chi connectivity index (χ0v) is 11.8. The lowest BCUT2D eigenvalue weighted by molar-refractivity contribution is 0.726. The Hall–Kier alpha value is -1.30. The van der Waals surface area contributed by atoms with Crippen molar-refractivity contribution in [2.75, 3.05) is 0 Å². The average molecular weight is 230 g/mol. The topological polar surface area (TPSA) is 0 Å². The van der Waals surface area contributed by atoms with Gasteiger partial charge in [0.2, 0.25) is 0 Å². The molecule has 0 saturated carbocycles. The standard InChI is InChI=1S/C14H18B4/c15-13(16,11-7-3-1-4-8-11)14(17,18)12-9-5-2-6-10-12/h1-10H,15-18H2. The van der Waals surface area contributed by atoms with E-state index >= 15 is 0 Å². The second kappa shape index (κ2) is 4.76. The van der Waals surface area contributed by atoms with Gasteiger partial charge < -0.3 is 0 Å². The molecule has 0 aliphatic heterocycles. The van der Waals surface area contributed by atoms with Gasteiger partial charge in [-0.05, 0) is 0 Å². The Morgan fingerprint density at radius 1 is 0.500 bits per heavy atom. The minimum absolute atomic E-state index is 0.0929. The van der Waals surface area contributed by atoms with E-state index in [4.69, 9.17) is 0 Å². The number of rotatable bonds is 3. The summed E-state index contributed by atoms with van der Waals surface area (Å²) in [7, 11) is 9.31. The molecule has 2 aromatic carbocycles. The molecule has 0 amide bonds. The molecule has 0 aliphatic carbocycles. The number of hydrogen-bond donors (Lipinski definition) is 0. The number of benzene rings is 2. The maximum Gasteiger partial charge on any atom is 0.104 e. The van der Waals surface area contributed by atoms with Gasteiger partial charge in [-0.25, -0.2) is 0 Å². The Morgan fingerprint density at radius 2 is 0.778 bits per heavy atom. The van der Waals surface area contributed by atoms with E-state index in [0.717, 1.165) is 0 Å². The van der Waals surface area contributed by atoms with Crippen LogP contribution in [0.2, 0.25) is 0 Å². The molecule has 0 N–H and O–H groups in total. The van der Waals surface area contributed by atoms with Gasteiger partial charge in [0.05, 0.1) is 0 Å². The third kappa shape index (κ3) is 2.16. The van der Waals surface area contributed by atoms with Crippen LogP contribution in [0.15, 0.2) is 60.7 Å². The van der Waals surface area contributed by atoms with Gasteiger partial charge >= 0.3 is 0 Å². The quantitative estimate of drug-likeness (QED) is 0.606. The van der Waals surface area contributed by atoms with Crippen molar-refractivity contribution in [1.29, 1.82) is 0 Å². The summed E-state index contributed by atoms with van der Waals surface area (Å²) in [6, 6.07) is 21.6. The molecule has 0 spiro atoms. The van der Waals surface area contributed by atoms with Crippen LogP contribution in [0, 0.1) is 0 Å². The Bertz CT molecular complexity index is 456. The molecule has 0 saturated heterocycles. The Kier molecular flexibility index (Phi) is 3.47. The van der Waals surface area contributed by atoms with Crippen LogP contribution in [0.25, 0.3) is 0 Å². The van der Waals surface area contributed by atoms with Gasteiger partial charge in [-0.15, -0.1) is 0 Å². The summed E-state index contributed by atoms with van der Waals surface area (Å²) in [6.45, 7) is 0. The highest BCUT2D eigenvalue weighted by atomic mass is 14.3. The van der Waals surface area contributed by atoms with Crippen LogP contribution in [0.4, 0.5) is 0 Å². The molecular formula is C14H18B4. The second-order valence-electron chi connectivity index (χ2n) is 5.98. The fourth-order valence-corrected chi connectivity index (χ4v) is 2.43. The van der Waals surface area contributed by atoms with Crippen LogP contribution in [0.1, 0.15) is 11.1 Å². The maximum absolute atomic E-state index is 2.33. The summed E-state index contributed by atoms with van der Waals surface area (Å²) in [5.41, 5.74) is 2.78. The molecule has 0 nitrogen and oxygen atoms in total. The van der Waals surface area contributed by atoms with Gasteiger partial charge in [0.1, 0.15) is 31.4 Å². The van der Waals surface area contributed by atoms with Gasteiger partial charge in [0.15, 0.2) is 0 Å². The summed E-state index contributed by atoms with van der Waals surface area (Å²) < 4.78 is 0. The molecule has 2 aromatic rings. The molecule has 0 fully saturated rings. The Balaban J connectivity index is 2.47. The Labute approximate surface area is 114 Å². The first-order chi connectivity index (χ1) is 8.46. The molecule has 0 radical (unpaired) electrons. The predicted molar refractivity (Wildman–Crippen MR) is 90.4 cm³/mol. The van der Waals surface area contributed by atoms with Crippen LogP contribution >= 0.6 is 0 Å². The molecule has 0 aromatic heterocycles. The smallest absolute Gasteiger partial charge is 0.0648 e. The largest absolute Gasteiger partial charge is 0.104 e. The van der Waals surface area contributed by atoms with E-state index in [1.165, 1.54) is 11.1 Å². The molecule has 2 rings (SSSR count). The van der Waals surface area contributed by atoms with Crippen LogP contribution in [-0.4, -0.2) is 31.4 Å². The Morgan fingerprint density at radius 3 is 1.06 bits per heavy atom. The van der Waals surface area contributed by atoms with E-state index in [-0.39, 0.29) is 10.4 Å². The van der Waals surface area contributed by atoms with Gasteiger partial charge in [0.25, 0.3) is 0 Å². The van der Waals surface area contributed by atoms with Gasteiger partial charge in [-0.2, -0.15) is 0 Å². The van der Waals surface area contributed by atoms with Gasteiger partial charge in [-0.3, -0.25) is 0 Å². The maximum atomic E-state index is 2.33. The average Bonchev–Trinajstić information content (AvgIpc) is 2.40. The molecule has 86 valence electrons. The lowest BCUT2D eigenvalue weighted by Gasteiger charge is -2.43. The van der Waals surface area contributed by atoms with Crippen molar-refractivity contribution < 1.29 is 0 Å². The van der Waals surface area contributed by atoms with Crippen molar-refractivity contribution in [2.24, 2.45) is 0 Å². The van der Waals surface area contributed by atoms with Gasteiger partial charge in [0, 0.05) is 0 Å². The first-order valence-corrected chi connectivity index (χ1v) is 6.57. The van der Waals surface area contributed by atoms with Crippen molar-refractivity contribution in [1.82, 2.24) is 0 Å². The predicted octanol–water partition coefficient (Wildman–Crippen LogP) is -0.775. The highest BCUT2D eigenvalue weighted by Crippen LogP contribution is 2.34.